The van der Waals surface area contributed by atoms with Crippen molar-refractivity contribution >= 4 is 16.5 Å². The molecule has 19 heavy (non-hydrogen) atoms. The highest BCUT2D eigenvalue weighted by Gasteiger charge is 2.17. The standard InChI is InChI=1S/C13H10FNO3S/c14-11-6-2-4-8-13(11)19(18)9-10-5-1-3-7-12(10)15(16)17/h1-8H,9H2. The van der Waals surface area contributed by atoms with Gasteiger partial charge in [-0.3, -0.25) is 14.3 Å². The molecule has 0 N–H and O–H groups in total. The Balaban J connectivity index is 2.30. The summed E-state index contributed by atoms with van der Waals surface area (Å²) in [5.74, 6) is -0.655. The zero-order valence-corrected chi connectivity index (χ0v) is 10.6. The van der Waals surface area contributed by atoms with Gasteiger partial charge in [0.1, 0.15) is 5.82 Å². The maximum Gasteiger partial charge on any atom is 0.273 e. The Hall–Kier alpha value is -2.08. The summed E-state index contributed by atoms with van der Waals surface area (Å²) in [5.41, 5.74) is 0.223. The second-order valence-electron chi connectivity index (χ2n) is 3.81. The summed E-state index contributed by atoms with van der Waals surface area (Å²) in [6, 6.07) is 11.7. The van der Waals surface area contributed by atoms with Crippen LogP contribution >= 0.6 is 0 Å². The van der Waals surface area contributed by atoms with Crippen LogP contribution < -0.4 is 0 Å². The molecule has 0 spiro atoms. The highest BCUT2D eigenvalue weighted by molar-refractivity contribution is 7.84. The molecule has 2 aromatic carbocycles. The first-order chi connectivity index (χ1) is 9.09. The van der Waals surface area contributed by atoms with Gasteiger partial charge in [0.05, 0.1) is 26.4 Å². The van der Waals surface area contributed by atoms with Crippen LogP contribution in [0.25, 0.3) is 0 Å². The van der Waals surface area contributed by atoms with Crippen molar-refractivity contribution in [2.75, 3.05) is 0 Å². The third-order valence-electron chi connectivity index (χ3n) is 2.56. The predicted octanol–water partition coefficient (Wildman–Crippen LogP) is 3.04. The van der Waals surface area contributed by atoms with E-state index >= 15 is 0 Å². The molecule has 0 saturated carbocycles. The SMILES string of the molecule is O=[N+]([O-])c1ccccc1CS(=O)c1ccccc1F. The fraction of sp³-hybridized carbons (Fsp3) is 0.0769. The van der Waals surface area contributed by atoms with Gasteiger partial charge in [0.2, 0.25) is 0 Å². The number of nitro benzene ring substituents is 1. The summed E-state index contributed by atoms with van der Waals surface area (Å²) < 4.78 is 25.5. The lowest BCUT2D eigenvalue weighted by molar-refractivity contribution is -0.385. The summed E-state index contributed by atoms with van der Waals surface area (Å²) in [4.78, 5) is 10.4. The summed E-state index contributed by atoms with van der Waals surface area (Å²) in [5, 5.41) is 10.8. The van der Waals surface area contributed by atoms with Crippen molar-refractivity contribution in [2.24, 2.45) is 0 Å². The Labute approximate surface area is 111 Å². The Morgan fingerprint density at radius 2 is 1.74 bits per heavy atom. The minimum atomic E-state index is -1.65. The van der Waals surface area contributed by atoms with E-state index in [1.807, 2.05) is 0 Å². The van der Waals surface area contributed by atoms with Crippen LogP contribution in [-0.2, 0) is 16.6 Å². The second-order valence-corrected chi connectivity index (χ2v) is 5.23. The van der Waals surface area contributed by atoms with Crippen molar-refractivity contribution < 1.29 is 13.5 Å². The molecule has 0 saturated heterocycles. The number of hydrogen-bond donors (Lipinski definition) is 0. The zero-order valence-electron chi connectivity index (χ0n) is 9.78. The maximum atomic E-state index is 13.5. The second kappa shape index (κ2) is 5.71. The van der Waals surface area contributed by atoms with Crippen LogP contribution in [0.5, 0.6) is 0 Å². The molecule has 1 atom stereocenters. The first-order valence-corrected chi connectivity index (χ1v) is 6.76. The van der Waals surface area contributed by atoms with Crippen molar-refractivity contribution in [3.63, 3.8) is 0 Å². The Morgan fingerprint density at radius 3 is 2.42 bits per heavy atom. The molecule has 0 bridgehead atoms. The minimum absolute atomic E-state index is 0.0562. The van der Waals surface area contributed by atoms with Crippen LogP contribution in [0.15, 0.2) is 53.4 Å². The van der Waals surface area contributed by atoms with Crippen molar-refractivity contribution in [1.29, 1.82) is 0 Å². The molecule has 0 radical (unpaired) electrons. The van der Waals surface area contributed by atoms with Crippen molar-refractivity contribution in [3.8, 4) is 0 Å². The molecule has 1 unspecified atom stereocenters. The van der Waals surface area contributed by atoms with Gasteiger partial charge in [0.25, 0.3) is 5.69 Å². The molecule has 0 aromatic heterocycles. The minimum Gasteiger partial charge on any atom is -0.258 e. The molecule has 6 heteroatoms. The molecule has 0 heterocycles. The molecular formula is C13H10FNO3S. The number of rotatable bonds is 4. The van der Waals surface area contributed by atoms with E-state index in [0.717, 1.165) is 0 Å². The van der Waals surface area contributed by atoms with E-state index in [1.165, 1.54) is 36.4 Å². The average Bonchev–Trinajstić information content (AvgIpc) is 2.39. The number of nitro groups is 1. The van der Waals surface area contributed by atoms with Gasteiger partial charge in [0.15, 0.2) is 0 Å². The fourth-order valence-corrected chi connectivity index (χ4v) is 2.86. The lowest BCUT2D eigenvalue weighted by Gasteiger charge is -2.04. The van der Waals surface area contributed by atoms with E-state index in [0.29, 0.717) is 5.56 Å². The third kappa shape index (κ3) is 3.03. The van der Waals surface area contributed by atoms with Gasteiger partial charge in [0, 0.05) is 11.6 Å². The smallest absolute Gasteiger partial charge is 0.258 e. The van der Waals surface area contributed by atoms with Gasteiger partial charge in [-0.15, -0.1) is 0 Å². The van der Waals surface area contributed by atoms with Crippen LogP contribution in [-0.4, -0.2) is 9.13 Å². The predicted molar refractivity (Wildman–Crippen MR) is 69.6 cm³/mol. The zero-order chi connectivity index (χ0) is 13.8. The molecule has 0 amide bonds. The van der Waals surface area contributed by atoms with Crippen LogP contribution in [0.1, 0.15) is 5.56 Å². The van der Waals surface area contributed by atoms with Crippen molar-refractivity contribution in [1.82, 2.24) is 0 Å². The number of nitrogens with zero attached hydrogens (tertiary/aromatic N) is 1. The maximum absolute atomic E-state index is 13.5. The van der Waals surface area contributed by atoms with E-state index in [1.54, 1.807) is 12.1 Å². The molecule has 0 aliphatic rings. The summed E-state index contributed by atoms with van der Waals surface area (Å²) in [7, 11) is -1.65. The number of para-hydroxylation sites is 1. The largest absolute Gasteiger partial charge is 0.273 e. The Kier molecular flexibility index (Phi) is 4.01. The highest BCUT2D eigenvalue weighted by Crippen LogP contribution is 2.22. The molecule has 2 aromatic rings. The van der Waals surface area contributed by atoms with E-state index in [-0.39, 0.29) is 16.3 Å². The summed E-state index contributed by atoms with van der Waals surface area (Å²) in [6.45, 7) is 0. The Morgan fingerprint density at radius 1 is 1.11 bits per heavy atom. The number of hydrogen-bond acceptors (Lipinski definition) is 3. The van der Waals surface area contributed by atoms with Gasteiger partial charge in [-0.1, -0.05) is 30.3 Å². The quantitative estimate of drug-likeness (QED) is 0.638. The average molecular weight is 279 g/mol. The van der Waals surface area contributed by atoms with Gasteiger partial charge in [-0.05, 0) is 12.1 Å². The van der Waals surface area contributed by atoms with Crippen LogP contribution in [0, 0.1) is 15.9 Å². The third-order valence-corrected chi connectivity index (χ3v) is 3.95. The van der Waals surface area contributed by atoms with Crippen LogP contribution in [0.3, 0.4) is 0 Å². The highest BCUT2D eigenvalue weighted by atomic mass is 32.2. The lowest BCUT2D eigenvalue weighted by Crippen LogP contribution is -2.02. The molecule has 0 aliphatic heterocycles. The molecular weight excluding hydrogens is 269 g/mol. The van der Waals surface area contributed by atoms with E-state index in [9.17, 15) is 18.7 Å². The first kappa shape index (κ1) is 13.4. The number of halogens is 1. The first-order valence-electron chi connectivity index (χ1n) is 5.45. The lowest BCUT2D eigenvalue weighted by atomic mass is 10.2. The topological polar surface area (TPSA) is 60.2 Å². The summed E-state index contributed by atoms with van der Waals surface area (Å²) >= 11 is 0. The van der Waals surface area contributed by atoms with Crippen LogP contribution in [0.2, 0.25) is 0 Å². The molecule has 98 valence electrons. The molecule has 0 fully saturated rings. The molecule has 4 nitrogen and oxygen atoms in total. The normalized spacial score (nSPS) is 12.1. The summed E-state index contributed by atoms with van der Waals surface area (Å²) in [6.07, 6.45) is 0. The van der Waals surface area contributed by atoms with Crippen molar-refractivity contribution in [3.05, 3.63) is 70.0 Å². The molecule has 0 aliphatic carbocycles. The Bertz CT molecular complexity index is 645. The van der Waals surface area contributed by atoms with Gasteiger partial charge < -0.3 is 0 Å². The fourth-order valence-electron chi connectivity index (χ4n) is 1.66. The monoisotopic (exact) mass is 279 g/mol. The van der Waals surface area contributed by atoms with E-state index in [2.05, 4.69) is 0 Å². The number of benzene rings is 2. The van der Waals surface area contributed by atoms with E-state index in [4.69, 9.17) is 0 Å². The van der Waals surface area contributed by atoms with E-state index < -0.39 is 21.5 Å². The van der Waals surface area contributed by atoms with Gasteiger partial charge in [-0.25, -0.2) is 4.39 Å². The van der Waals surface area contributed by atoms with Crippen molar-refractivity contribution in [2.45, 2.75) is 10.6 Å². The van der Waals surface area contributed by atoms with Gasteiger partial charge >= 0.3 is 0 Å². The van der Waals surface area contributed by atoms with Crippen LogP contribution in [0.4, 0.5) is 10.1 Å². The molecule has 2 rings (SSSR count). The van der Waals surface area contributed by atoms with Gasteiger partial charge in [-0.2, -0.15) is 0 Å².